The number of carbonyl (C=O) groups excluding carboxylic acids is 1. The monoisotopic (exact) mass is 536 g/mol. The third-order valence-corrected chi connectivity index (χ3v) is 4.93. The molecule has 1 heterocycles. The first-order chi connectivity index (χ1) is 12.9. The van der Waals surface area contributed by atoms with Gasteiger partial charge < -0.3 is 18.7 Å². The molecule has 0 spiro atoms. The third-order valence-electron chi connectivity index (χ3n) is 3.31. The minimum absolute atomic E-state index is 0. The summed E-state index contributed by atoms with van der Waals surface area (Å²) in [6.07, 6.45) is 5.58. The molecule has 5 nitrogen and oxygen atoms in total. The van der Waals surface area contributed by atoms with Gasteiger partial charge in [-0.3, -0.25) is 4.79 Å². The van der Waals surface area contributed by atoms with Crippen LogP contribution in [0.2, 0.25) is 0 Å². The molecule has 159 valence electrons. The van der Waals surface area contributed by atoms with Crippen molar-refractivity contribution in [2.45, 2.75) is 20.0 Å². The standard InChI is InChI=1S/C13H15ClFNO2.C5H11N2S2.Ru/c1-9(2)18-13(17)8-16-12-4-3-11(15)7-10(12)5-6-14;1-8-6-3-4-7(5-6)9-2;/h3-7,9,16H,8H2,1-2H3;5H,3-4H2,1-2H3;/q;-1;+1/b6-5-;;. The van der Waals surface area contributed by atoms with Crippen molar-refractivity contribution in [2.75, 3.05) is 37.5 Å². The van der Waals surface area contributed by atoms with Gasteiger partial charge in [0, 0.05) is 16.8 Å². The fourth-order valence-electron chi connectivity index (χ4n) is 2.11. The number of anilines is 1. The molecule has 2 rings (SSSR count). The van der Waals surface area contributed by atoms with E-state index in [1.54, 1.807) is 49.9 Å². The predicted molar refractivity (Wildman–Crippen MR) is 116 cm³/mol. The Morgan fingerprint density at radius 2 is 1.96 bits per heavy atom. The van der Waals surface area contributed by atoms with Crippen LogP contribution in [0.1, 0.15) is 19.4 Å². The number of rotatable bonds is 7. The Kier molecular flexibility index (Phi) is 15.4. The smallest absolute Gasteiger partial charge is 0.462 e. The van der Waals surface area contributed by atoms with Gasteiger partial charge in [-0.15, -0.1) is 23.9 Å². The molecule has 1 aliphatic rings. The average molecular weight is 536 g/mol. The number of nitrogens with one attached hydrogen (secondary N) is 1. The van der Waals surface area contributed by atoms with Crippen LogP contribution in [-0.2, 0) is 29.0 Å². The molecule has 0 unspecified atom stereocenters. The summed E-state index contributed by atoms with van der Waals surface area (Å²) in [7, 11) is 0. The fraction of sp³-hybridized carbons (Fsp3) is 0.444. The molecule has 0 aromatic heterocycles. The van der Waals surface area contributed by atoms with Crippen molar-refractivity contribution < 1.29 is 33.4 Å². The zero-order chi connectivity index (χ0) is 20.2. The molecule has 0 aliphatic carbocycles. The number of hydrogen-bond donors (Lipinski definition) is 1. The Morgan fingerprint density at radius 3 is 2.43 bits per heavy atom. The van der Waals surface area contributed by atoms with E-state index in [1.807, 2.05) is 0 Å². The van der Waals surface area contributed by atoms with E-state index in [0.29, 0.717) is 11.3 Å². The van der Waals surface area contributed by atoms with E-state index in [9.17, 15) is 9.18 Å². The first-order valence-electron chi connectivity index (χ1n) is 8.35. The maximum atomic E-state index is 13.0. The third kappa shape index (κ3) is 11.0. The largest absolute Gasteiger partial charge is 1.00 e. The van der Waals surface area contributed by atoms with Gasteiger partial charge in [-0.25, -0.2) is 4.39 Å². The Labute approximate surface area is 193 Å². The van der Waals surface area contributed by atoms with Crippen molar-refractivity contribution in [1.29, 1.82) is 0 Å². The molecule has 0 atom stereocenters. The quantitative estimate of drug-likeness (QED) is 0.235. The first-order valence-corrected chi connectivity index (χ1v) is 11.2. The van der Waals surface area contributed by atoms with E-state index < -0.39 is 0 Å². The number of halogens is 2. The summed E-state index contributed by atoms with van der Waals surface area (Å²) in [4.78, 5) is 11.4. The topological polar surface area (TPSA) is 44.8 Å². The van der Waals surface area contributed by atoms with Crippen LogP contribution >= 0.6 is 35.5 Å². The van der Waals surface area contributed by atoms with Crippen molar-refractivity contribution in [1.82, 2.24) is 8.61 Å². The average Bonchev–Trinajstić information content (AvgIpc) is 3.10. The molecular weight excluding hydrogens is 510 g/mol. The van der Waals surface area contributed by atoms with Gasteiger partial charge in [0.15, 0.2) is 0 Å². The summed E-state index contributed by atoms with van der Waals surface area (Å²) in [6, 6.07) is 4.18. The second kappa shape index (κ2) is 15.5. The number of hydrogen-bond acceptors (Lipinski definition) is 7. The summed E-state index contributed by atoms with van der Waals surface area (Å²) in [5, 5.41) is 2.88. The molecule has 28 heavy (non-hydrogen) atoms. The maximum Gasteiger partial charge on any atom is 1.00 e. The molecule has 1 N–H and O–H groups in total. The van der Waals surface area contributed by atoms with E-state index >= 15 is 0 Å². The number of carbonyl (C=O) groups is 1. The van der Waals surface area contributed by atoms with Gasteiger partial charge in [0.2, 0.25) is 0 Å². The molecule has 0 amide bonds. The summed E-state index contributed by atoms with van der Waals surface area (Å²) in [6.45, 7) is 8.03. The van der Waals surface area contributed by atoms with E-state index in [2.05, 4.69) is 33.1 Å². The van der Waals surface area contributed by atoms with Crippen molar-refractivity contribution in [2.24, 2.45) is 0 Å². The molecule has 1 fully saturated rings. The molecule has 10 heteroatoms. The normalized spacial score (nSPS) is 14.5. The second-order valence-electron chi connectivity index (χ2n) is 5.68. The van der Waals surface area contributed by atoms with Gasteiger partial charge in [0.1, 0.15) is 12.4 Å². The molecule has 1 aliphatic heterocycles. The van der Waals surface area contributed by atoms with Crippen LogP contribution in [-0.4, -0.2) is 52.8 Å². The molecule has 0 saturated carbocycles. The van der Waals surface area contributed by atoms with Crippen LogP contribution in [0.25, 0.3) is 6.08 Å². The van der Waals surface area contributed by atoms with Crippen LogP contribution in [0, 0.1) is 12.5 Å². The number of nitrogens with zero attached hydrogens (tertiary/aromatic N) is 2. The van der Waals surface area contributed by atoms with Crippen molar-refractivity contribution >= 4 is 53.2 Å². The van der Waals surface area contributed by atoms with Crippen molar-refractivity contribution in [3.05, 3.63) is 41.8 Å². The van der Waals surface area contributed by atoms with Crippen LogP contribution in [0.15, 0.2) is 23.7 Å². The molecular formula is C18H26ClFN3O2RuS2. The Morgan fingerprint density at radius 1 is 1.36 bits per heavy atom. The zero-order valence-corrected chi connectivity index (χ0v) is 20.4. The van der Waals surface area contributed by atoms with Gasteiger partial charge in [0.25, 0.3) is 0 Å². The summed E-state index contributed by atoms with van der Waals surface area (Å²) >= 11 is 9.02. The van der Waals surface area contributed by atoms with E-state index in [1.165, 1.54) is 17.7 Å². The maximum absolute atomic E-state index is 13.0. The number of esters is 1. The zero-order valence-electron chi connectivity index (χ0n) is 16.3. The van der Waals surface area contributed by atoms with Crippen LogP contribution < -0.4 is 5.32 Å². The number of ether oxygens (including phenoxy) is 1. The summed E-state index contributed by atoms with van der Waals surface area (Å²) in [5.41, 5.74) is 2.48. The Bertz CT molecular complexity index is 616. The molecule has 1 saturated heterocycles. The van der Waals surface area contributed by atoms with Gasteiger partial charge in [-0.1, -0.05) is 11.6 Å². The van der Waals surface area contributed by atoms with E-state index in [4.69, 9.17) is 16.3 Å². The van der Waals surface area contributed by atoms with Crippen LogP contribution in [0.4, 0.5) is 10.1 Å². The minimum atomic E-state index is -0.366. The predicted octanol–water partition coefficient (Wildman–Crippen LogP) is 4.68. The van der Waals surface area contributed by atoms with Gasteiger partial charge in [-0.05, 0) is 63.7 Å². The van der Waals surface area contributed by atoms with E-state index in [0.717, 1.165) is 13.1 Å². The van der Waals surface area contributed by atoms with Gasteiger partial charge in [0.05, 0.1) is 6.10 Å². The molecule has 1 aromatic rings. The summed E-state index contributed by atoms with van der Waals surface area (Å²) in [5.74, 6) is -0.731. The Balaban J connectivity index is 0.000000614. The molecule has 0 bridgehead atoms. The molecule has 1 radical (unpaired) electrons. The summed E-state index contributed by atoms with van der Waals surface area (Å²) < 4.78 is 22.5. The Hall–Kier alpha value is -0.307. The van der Waals surface area contributed by atoms with Crippen molar-refractivity contribution in [3.8, 4) is 0 Å². The SMILES string of the molecule is CC(C)OC(=O)CNc1ccc(F)cc1/C=C\Cl.CSN1[CH-]N(SC)CC1.[Ru+]. The minimum Gasteiger partial charge on any atom is -0.462 e. The fourth-order valence-corrected chi connectivity index (χ4v) is 3.25. The van der Waals surface area contributed by atoms with Gasteiger partial charge >= 0.3 is 25.4 Å². The number of benzene rings is 1. The van der Waals surface area contributed by atoms with Crippen molar-refractivity contribution in [3.63, 3.8) is 0 Å². The van der Waals surface area contributed by atoms with Gasteiger partial charge in [-0.2, -0.15) is 6.67 Å². The van der Waals surface area contributed by atoms with Crippen LogP contribution in [0.5, 0.6) is 0 Å². The second-order valence-corrected chi connectivity index (χ2v) is 7.60. The first kappa shape index (κ1) is 27.7. The van der Waals surface area contributed by atoms with Crippen LogP contribution in [0.3, 0.4) is 0 Å². The molecule has 1 aromatic carbocycles. The van der Waals surface area contributed by atoms with E-state index in [-0.39, 0.29) is 43.9 Å².